The zero-order chi connectivity index (χ0) is 11.1. The molecule has 0 fully saturated rings. The smallest absolute Gasteiger partial charge is 0.129 e. The fourth-order valence-corrected chi connectivity index (χ4v) is 1.57. The summed E-state index contributed by atoms with van der Waals surface area (Å²) in [5.74, 6) is 1.67. The van der Waals surface area contributed by atoms with Gasteiger partial charge in [-0.1, -0.05) is 34.1 Å². The first kappa shape index (κ1) is 12.1. The fourth-order valence-electron chi connectivity index (χ4n) is 1.31. The monoisotopic (exact) mass is 270 g/mol. The minimum absolute atomic E-state index is 0.833. The van der Waals surface area contributed by atoms with Gasteiger partial charge >= 0.3 is 0 Å². The highest BCUT2D eigenvalue weighted by atomic mass is 79.9. The molecule has 0 radical (unpaired) electrons. The Kier molecular flexibility index (Phi) is 5.26. The number of hydrogen-bond acceptors (Lipinski definition) is 2. The standard InChI is InChI=1S/C12H15BrO2/c1-14-11-7-5-8-12(15-2)10(11)6-3-4-9-13/h3,5-8H,4,9H2,1-2H3. The van der Waals surface area contributed by atoms with Crippen molar-refractivity contribution in [2.24, 2.45) is 0 Å². The second-order valence-electron chi connectivity index (χ2n) is 2.96. The first-order valence-electron chi connectivity index (χ1n) is 4.77. The van der Waals surface area contributed by atoms with Crippen molar-refractivity contribution in [1.82, 2.24) is 0 Å². The van der Waals surface area contributed by atoms with E-state index in [-0.39, 0.29) is 0 Å². The molecule has 2 nitrogen and oxygen atoms in total. The number of methoxy groups -OCH3 is 2. The molecule has 3 heteroatoms. The summed E-state index contributed by atoms with van der Waals surface area (Å²) in [6, 6.07) is 5.77. The van der Waals surface area contributed by atoms with Gasteiger partial charge in [0.2, 0.25) is 0 Å². The van der Waals surface area contributed by atoms with E-state index in [1.54, 1.807) is 14.2 Å². The minimum Gasteiger partial charge on any atom is -0.496 e. The van der Waals surface area contributed by atoms with Crippen molar-refractivity contribution in [3.8, 4) is 11.5 Å². The summed E-state index contributed by atoms with van der Waals surface area (Å²) >= 11 is 3.38. The molecule has 0 amide bonds. The van der Waals surface area contributed by atoms with E-state index in [0.717, 1.165) is 28.8 Å². The SMILES string of the molecule is COc1cccc(OC)c1C=CCCBr. The zero-order valence-corrected chi connectivity index (χ0v) is 10.6. The molecule has 0 N–H and O–H groups in total. The first-order chi connectivity index (χ1) is 7.33. The average Bonchev–Trinajstić information content (AvgIpc) is 2.29. The molecule has 1 aromatic carbocycles. The van der Waals surface area contributed by atoms with E-state index in [0.29, 0.717) is 0 Å². The Morgan fingerprint density at radius 3 is 2.27 bits per heavy atom. The van der Waals surface area contributed by atoms with Crippen molar-refractivity contribution in [2.45, 2.75) is 6.42 Å². The molecule has 0 saturated carbocycles. The second kappa shape index (κ2) is 6.51. The lowest BCUT2D eigenvalue weighted by Crippen LogP contribution is -1.91. The summed E-state index contributed by atoms with van der Waals surface area (Å²) in [6.45, 7) is 0. The van der Waals surface area contributed by atoms with E-state index >= 15 is 0 Å². The number of alkyl halides is 1. The molecule has 0 aliphatic heterocycles. The summed E-state index contributed by atoms with van der Waals surface area (Å²) in [7, 11) is 3.33. The van der Waals surface area contributed by atoms with Crippen molar-refractivity contribution in [1.29, 1.82) is 0 Å². The van der Waals surface area contributed by atoms with E-state index in [2.05, 4.69) is 22.0 Å². The van der Waals surface area contributed by atoms with Gasteiger partial charge in [0, 0.05) is 5.33 Å². The average molecular weight is 271 g/mol. The molecule has 15 heavy (non-hydrogen) atoms. The Bertz CT molecular complexity index is 312. The van der Waals surface area contributed by atoms with Gasteiger partial charge in [-0.2, -0.15) is 0 Å². The summed E-state index contributed by atoms with van der Waals surface area (Å²) in [4.78, 5) is 0. The lowest BCUT2D eigenvalue weighted by molar-refractivity contribution is 0.392. The summed E-state index contributed by atoms with van der Waals surface area (Å²) in [5, 5.41) is 0.959. The summed E-state index contributed by atoms with van der Waals surface area (Å²) in [6.07, 6.45) is 5.11. The van der Waals surface area contributed by atoms with Gasteiger partial charge in [0.15, 0.2) is 0 Å². The predicted molar refractivity (Wildman–Crippen MR) is 67.0 cm³/mol. The molecular formula is C12H15BrO2. The lowest BCUT2D eigenvalue weighted by Gasteiger charge is -2.09. The third-order valence-electron chi connectivity index (χ3n) is 2.03. The molecule has 0 aliphatic carbocycles. The van der Waals surface area contributed by atoms with Gasteiger partial charge < -0.3 is 9.47 Å². The van der Waals surface area contributed by atoms with E-state index in [9.17, 15) is 0 Å². The van der Waals surface area contributed by atoms with Gasteiger partial charge in [0.05, 0.1) is 19.8 Å². The van der Waals surface area contributed by atoms with Gasteiger partial charge in [-0.25, -0.2) is 0 Å². The molecule has 82 valence electrons. The Labute approximate surface area is 99.0 Å². The van der Waals surface area contributed by atoms with E-state index in [1.807, 2.05) is 24.3 Å². The molecule has 0 unspecified atom stereocenters. The van der Waals surface area contributed by atoms with Gasteiger partial charge in [-0.3, -0.25) is 0 Å². The second-order valence-corrected chi connectivity index (χ2v) is 3.75. The quantitative estimate of drug-likeness (QED) is 0.763. The highest BCUT2D eigenvalue weighted by Gasteiger charge is 2.05. The van der Waals surface area contributed by atoms with Crippen LogP contribution in [0.2, 0.25) is 0 Å². The van der Waals surface area contributed by atoms with Gasteiger partial charge in [-0.05, 0) is 18.6 Å². The highest BCUT2D eigenvalue weighted by Crippen LogP contribution is 2.29. The number of allylic oxidation sites excluding steroid dienone is 1. The van der Waals surface area contributed by atoms with Crippen LogP contribution >= 0.6 is 15.9 Å². The zero-order valence-electron chi connectivity index (χ0n) is 9.00. The van der Waals surface area contributed by atoms with Crippen LogP contribution in [0.25, 0.3) is 6.08 Å². The number of hydrogen-bond donors (Lipinski definition) is 0. The van der Waals surface area contributed by atoms with E-state index in [1.165, 1.54) is 0 Å². The van der Waals surface area contributed by atoms with Crippen LogP contribution in [0.15, 0.2) is 24.3 Å². The molecule has 1 aromatic rings. The molecule has 0 aromatic heterocycles. The van der Waals surface area contributed by atoms with E-state index in [4.69, 9.17) is 9.47 Å². The van der Waals surface area contributed by atoms with Crippen LogP contribution in [0.5, 0.6) is 11.5 Å². The fraction of sp³-hybridized carbons (Fsp3) is 0.333. The van der Waals surface area contributed by atoms with Crippen molar-refractivity contribution < 1.29 is 9.47 Å². The molecule has 0 aliphatic rings. The molecule has 1 rings (SSSR count). The number of halogens is 1. The van der Waals surface area contributed by atoms with E-state index < -0.39 is 0 Å². The molecule has 0 bridgehead atoms. The van der Waals surface area contributed by atoms with Crippen LogP contribution in [0.4, 0.5) is 0 Å². The third-order valence-corrected chi connectivity index (χ3v) is 2.48. The normalized spacial score (nSPS) is 10.6. The number of benzene rings is 1. The van der Waals surface area contributed by atoms with Crippen LogP contribution in [-0.2, 0) is 0 Å². The Hall–Kier alpha value is -0.960. The van der Waals surface area contributed by atoms with Crippen LogP contribution in [0, 0.1) is 0 Å². The van der Waals surface area contributed by atoms with Crippen molar-refractivity contribution in [2.75, 3.05) is 19.5 Å². The number of ether oxygens (including phenoxy) is 2. The predicted octanol–water partition coefficient (Wildman–Crippen LogP) is 3.50. The van der Waals surface area contributed by atoms with Gasteiger partial charge in [0.1, 0.15) is 11.5 Å². The van der Waals surface area contributed by atoms with Crippen molar-refractivity contribution in [3.63, 3.8) is 0 Å². The Morgan fingerprint density at radius 2 is 1.80 bits per heavy atom. The summed E-state index contributed by atoms with van der Waals surface area (Å²) in [5.41, 5.74) is 0.989. The highest BCUT2D eigenvalue weighted by molar-refractivity contribution is 9.09. The topological polar surface area (TPSA) is 18.5 Å². The molecule has 0 saturated heterocycles. The van der Waals surface area contributed by atoms with Crippen molar-refractivity contribution >= 4 is 22.0 Å². The maximum atomic E-state index is 5.28. The maximum Gasteiger partial charge on any atom is 0.129 e. The largest absolute Gasteiger partial charge is 0.496 e. The lowest BCUT2D eigenvalue weighted by atomic mass is 10.1. The van der Waals surface area contributed by atoms with Crippen LogP contribution in [0.1, 0.15) is 12.0 Å². The Balaban J connectivity index is 2.99. The Morgan fingerprint density at radius 1 is 1.20 bits per heavy atom. The van der Waals surface area contributed by atoms with Gasteiger partial charge in [-0.15, -0.1) is 0 Å². The van der Waals surface area contributed by atoms with Crippen LogP contribution < -0.4 is 9.47 Å². The molecule has 0 spiro atoms. The van der Waals surface area contributed by atoms with Crippen LogP contribution in [-0.4, -0.2) is 19.5 Å². The maximum absolute atomic E-state index is 5.28. The molecular weight excluding hydrogens is 256 g/mol. The molecule has 0 heterocycles. The molecule has 0 atom stereocenters. The first-order valence-corrected chi connectivity index (χ1v) is 5.89. The van der Waals surface area contributed by atoms with Crippen LogP contribution in [0.3, 0.4) is 0 Å². The minimum atomic E-state index is 0.833. The van der Waals surface area contributed by atoms with Gasteiger partial charge in [0.25, 0.3) is 0 Å². The summed E-state index contributed by atoms with van der Waals surface area (Å²) < 4.78 is 10.6. The number of rotatable bonds is 5. The van der Waals surface area contributed by atoms with Crippen molar-refractivity contribution in [3.05, 3.63) is 29.8 Å². The third kappa shape index (κ3) is 3.27.